The second-order valence-corrected chi connectivity index (χ2v) is 3.88. The van der Waals surface area contributed by atoms with Crippen molar-refractivity contribution in [2.75, 3.05) is 13.7 Å². The highest BCUT2D eigenvalue weighted by Gasteiger charge is 2.21. The second kappa shape index (κ2) is 7.31. The van der Waals surface area contributed by atoms with E-state index in [4.69, 9.17) is 9.84 Å². The van der Waals surface area contributed by atoms with Crippen LogP contribution < -0.4 is 10.6 Å². The molecule has 2 unspecified atom stereocenters. The maximum Gasteiger partial charge on any atom is 0.326 e. The Kier molecular flexibility index (Phi) is 5.73. The molecule has 9 heteroatoms. The van der Waals surface area contributed by atoms with Crippen LogP contribution in [0, 0.1) is 0 Å². The Balaban J connectivity index is 2.46. The third kappa shape index (κ3) is 4.92. The van der Waals surface area contributed by atoms with E-state index in [0.29, 0.717) is 5.82 Å². The molecule has 0 aromatic carbocycles. The van der Waals surface area contributed by atoms with E-state index in [1.165, 1.54) is 13.4 Å². The van der Waals surface area contributed by atoms with E-state index < -0.39 is 24.1 Å². The molecule has 0 saturated heterocycles. The quantitative estimate of drug-likeness (QED) is 0.536. The SMILES string of the molecule is COCCC(NC(=O)NC(C)c1ncn[nH]1)C(=O)O. The Morgan fingerprint density at radius 1 is 1.53 bits per heavy atom. The zero-order valence-electron chi connectivity index (χ0n) is 10.7. The lowest BCUT2D eigenvalue weighted by Gasteiger charge is -2.17. The molecule has 19 heavy (non-hydrogen) atoms. The topological polar surface area (TPSA) is 129 Å². The fourth-order valence-corrected chi connectivity index (χ4v) is 1.38. The number of nitrogens with zero attached hydrogens (tertiary/aromatic N) is 2. The average Bonchev–Trinajstić information content (AvgIpc) is 2.87. The van der Waals surface area contributed by atoms with Gasteiger partial charge in [0, 0.05) is 20.1 Å². The van der Waals surface area contributed by atoms with Crippen LogP contribution in [-0.4, -0.2) is 52.0 Å². The number of carbonyl (C=O) groups is 2. The first-order valence-corrected chi connectivity index (χ1v) is 5.68. The van der Waals surface area contributed by atoms with Crippen LogP contribution in [0.2, 0.25) is 0 Å². The van der Waals surface area contributed by atoms with Crippen LogP contribution in [0.5, 0.6) is 0 Å². The summed E-state index contributed by atoms with van der Waals surface area (Å²) in [6.45, 7) is 1.94. The highest BCUT2D eigenvalue weighted by atomic mass is 16.5. The van der Waals surface area contributed by atoms with Crippen molar-refractivity contribution >= 4 is 12.0 Å². The zero-order valence-corrected chi connectivity index (χ0v) is 10.7. The molecule has 0 aliphatic rings. The normalized spacial score (nSPS) is 13.6. The number of hydrogen-bond donors (Lipinski definition) is 4. The first-order chi connectivity index (χ1) is 9.04. The maximum absolute atomic E-state index is 11.6. The van der Waals surface area contributed by atoms with Gasteiger partial charge >= 0.3 is 12.0 Å². The number of H-pyrrole nitrogens is 1. The van der Waals surface area contributed by atoms with Crippen molar-refractivity contribution < 1.29 is 19.4 Å². The number of aliphatic carboxylic acids is 1. The van der Waals surface area contributed by atoms with E-state index in [-0.39, 0.29) is 13.0 Å². The number of carbonyl (C=O) groups excluding carboxylic acids is 1. The minimum atomic E-state index is -1.11. The first kappa shape index (κ1) is 14.9. The van der Waals surface area contributed by atoms with Crippen LogP contribution >= 0.6 is 0 Å². The predicted molar refractivity (Wildman–Crippen MR) is 64.4 cm³/mol. The Morgan fingerprint density at radius 3 is 2.79 bits per heavy atom. The van der Waals surface area contributed by atoms with Crippen LogP contribution in [0.4, 0.5) is 4.79 Å². The number of ether oxygens (including phenoxy) is 1. The van der Waals surface area contributed by atoms with Gasteiger partial charge in [0.15, 0.2) is 0 Å². The molecule has 1 rings (SSSR count). The molecule has 0 spiro atoms. The summed E-state index contributed by atoms with van der Waals surface area (Å²) in [5.74, 6) is -0.626. The molecule has 0 aliphatic carbocycles. The van der Waals surface area contributed by atoms with Crippen LogP contribution in [0.3, 0.4) is 0 Å². The van der Waals surface area contributed by atoms with Crippen LogP contribution in [0.1, 0.15) is 25.2 Å². The smallest absolute Gasteiger partial charge is 0.326 e. The molecule has 4 N–H and O–H groups in total. The van der Waals surface area contributed by atoms with Gasteiger partial charge in [-0.2, -0.15) is 5.10 Å². The summed E-state index contributed by atoms with van der Waals surface area (Å²) in [4.78, 5) is 26.5. The Labute approximate surface area is 109 Å². The summed E-state index contributed by atoms with van der Waals surface area (Å²) >= 11 is 0. The van der Waals surface area contributed by atoms with E-state index in [1.807, 2.05) is 0 Å². The number of amides is 2. The number of methoxy groups -OCH3 is 1. The van der Waals surface area contributed by atoms with E-state index in [2.05, 4.69) is 25.8 Å². The van der Waals surface area contributed by atoms with Crippen LogP contribution in [-0.2, 0) is 9.53 Å². The van der Waals surface area contributed by atoms with Gasteiger partial charge in [-0.05, 0) is 6.92 Å². The van der Waals surface area contributed by atoms with Crippen molar-refractivity contribution in [1.82, 2.24) is 25.8 Å². The number of hydrogen-bond acceptors (Lipinski definition) is 5. The summed E-state index contributed by atoms with van der Waals surface area (Å²) < 4.78 is 4.79. The number of carboxylic acids is 1. The third-order valence-electron chi connectivity index (χ3n) is 2.41. The van der Waals surface area contributed by atoms with E-state index in [1.54, 1.807) is 6.92 Å². The molecule has 2 atom stereocenters. The molecular formula is C10H17N5O4. The Morgan fingerprint density at radius 2 is 2.26 bits per heavy atom. The largest absolute Gasteiger partial charge is 0.480 e. The molecule has 0 radical (unpaired) electrons. The van der Waals surface area contributed by atoms with Crippen molar-refractivity contribution in [2.24, 2.45) is 0 Å². The molecule has 1 heterocycles. The summed E-state index contributed by atoms with van der Waals surface area (Å²) in [6, 6.07) is -1.99. The summed E-state index contributed by atoms with van der Waals surface area (Å²) in [7, 11) is 1.46. The number of carboxylic acid groups (broad SMARTS) is 1. The Bertz CT molecular complexity index is 408. The van der Waals surface area contributed by atoms with Crippen molar-refractivity contribution in [1.29, 1.82) is 0 Å². The minimum Gasteiger partial charge on any atom is -0.480 e. The lowest BCUT2D eigenvalue weighted by molar-refractivity contribution is -0.139. The van der Waals surface area contributed by atoms with Crippen LogP contribution in [0.15, 0.2) is 6.33 Å². The fourth-order valence-electron chi connectivity index (χ4n) is 1.38. The molecule has 2 amide bonds. The van der Waals surface area contributed by atoms with Gasteiger partial charge in [0.25, 0.3) is 0 Å². The lowest BCUT2D eigenvalue weighted by Crippen LogP contribution is -2.47. The number of urea groups is 1. The monoisotopic (exact) mass is 271 g/mol. The van der Waals surface area contributed by atoms with Gasteiger partial charge in [-0.15, -0.1) is 0 Å². The maximum atomic E-state index is 11.6. The zero-order chi connectivity index (χ0) is 14.3. The first-order valence-electron chi connectivity index (χ1n) is 5.68. The van der Waals surface area contributed by atoms with Crippen molar-refractivity contribution in [3.63, 3.8) is 0 Å². The lowest BCUT2D eigenvalue weighted by atomic mass is 10.2. The van der Waals surface area contributed by atoms with Gasteiger partial charge in [0.1, 0.15) is 18.2 Å². The number of rotatable bonds is 7. The van der Waals surface area contributed by atoms with Crippen molar-refractivity contribution in [2.45, 2.75) is 25.4 Å². The van der Waals surface area contributed by atoms with Gasteiger partial charge in [0.05, 0.1) is 6.04 Å². The van der Waals surface area contributed by atoms with Gasteiger partial charge in [0.2, 0.25) is 0 Å². The third-order valence-corrected chi connectivity index (χ3v) is 2.41. The summed E-state index contributed by atoms with van der Waals surface area (Å²) in [5, 5.41) is 20.1. The molecule has 0 bridgehead atoms. The van der Waals surface area contributed by atoms with E-state index >= 15 is 0 Å². The number of nitrogens with one attached hydrogen (secondary N) is 3. The number of aromatic nitrogens is 3. The van der Waals surface area contributed by atoms with Gasteiger partial charge in [-0.1, -0.05) is 0 Å². The van der Waals surface area contributed by atoms with Crippen LogP contribution in [0.25, 0.3) is 0 Å². The predicted octanol–water partition coefficient (Wildman–Crippen LogP) is -0.345. The van der Waals surface area contributed by atoms with Gasteiger partial charge < -0.3 is 20.5 Å². The second-order valence-electron chi connectivity index (χ2n) is 3.88. The molecule has 1 aromatic rings. The minimum absolute atomic E-state index is 0.190. The van der Waals surface area contributed by atoms with E-state index in [9.17, 15) is 9.59 Å². The molecule has 106 valence electrons. The molecule has 0 saturated carbocycles. The summed E-state index contributed by atoms with van der Waals surface area (Å²) in [6.07, 6.45) is 1.51. The highest BCUT2D eigenvalue weighted by Crippen LogP contribution is 2.03. The van der Waals surface area contributed by atoms with Crippen molar-refractivity contribution in [3.8, 4) is 0 Å². The molecule has 9 nitrogen and oxygen atoms in total. The van der Waals surface area contributed by atoms with E-state index in [0.717, 1.165) is 0 Å². The van der Waals surface area contributed by atoms with Crippen molar-refractivity contribution in [3.05, 3.63) is 12.2 Å². The van der Waals surface area contributed by atoms with Gasteiger partial charge in [-0.25, -0.2) is 14.6 Å². The average molecular weight is 271 g/mol. The molecule has 0 fully saturated rings. The highest BCUT2D eigenvalue weighted by molar-refractivity contribution is 5.82. The van der Waals surface area contributed by atoms with Gasteiger partial charge in [-0.3, -0.25) is 5.10 Å². The summed E-state index contributed by atoms with van der Waals surface area (Å²) in [5.41, 5.74) is 0. The molecular weight excluding hydrogens is 254 g/mol. The molecule has 0 aliphatic heterocycles. The molecule has 1 aromatic heterocycles. The number of aromatic amines is 1. The fraction of sp³-hybridized carbons (Fsp3) is 0.600. The Hall–Kier alpha value is -2.16. The standard InChI is InChI=1S/C10H17N5O4/c1-6(8-11-5-12-15-8)13-10(18)14-7(9(16)17)3-4-19-2/h5-7H,3-4H2,1-2H3,(H,16,17)(H,11,12,15)(H2,13,14,18).